The van der Waals surface area contributed by atoms with Gasteiger partial charge in [0.2, 0.25) is 10.0 Å². The lowest BCUT2D eigenvalue weighted by Gasteiger charge is -2.26. The molecule has 0 spiro atoms. The van der Waals surface area contributed by atoms with Gasteiger partial charge in [0.1, 0.15) is 5.75 Å². The van der Waals surface area contributed by atoms with Crippen molar-refractivity contribution in [1.82, 2.24) is 4.31 Å². The number of ether oxygens (including phenoxy) is 2. The highest BCUT2D eigenvalue weighted by atomic mass is 32.2. The van der Waals surface area contributed by atoms with E-state index >= 15 is 0 Å². The first kappa shape index (κ1) is 20.3. The summed E-state index contributed by atoms with van der Waals surface area (Å²) in [4.78, 5) is 12.7. The third-order valence-electron chi connectivity index (χ3n) is 4.21. The van der Waals surface area contributed by atoms with Gasteiger partial charge in [0, 0.05) is 18.7 Å². The van der Waals surface area contributed by atoms with Crippen LogP contribution < -0.4 is 10.1 Å². The van der Waals surface area contributed by atoms with E-state index in [-0.39, 0.29) is 16.9 Å². The predicted octanol–water partition coefficient (Wildman–Crippen LogP) is 2.75. The SMILES string of the molecule is CC(C)Oc1ccc(S(=O)(=O)N2CCOCC2)cc1NC(=O)c1ccccc1. The van der Waals surface area contributed by atoms with Crippen molar-refractivity contribution in [2.24, 2.45) is 0 Å². The first-order chi connectivity index (χ1) is 13.4. The lowest BCUT2D eigenvalue weighted by molar-refractivity contribution is 0.0730. The van der Waals surface area contributed by atoms with E-state index < -0.39 is 10.0 Å². The Balaban J connectivity index is 1.93. The minimum atomic E-state index is -3.68. The van der Waals surface area contributed by atoms with Gasteiger partial charge in [-0.3, -0.25) is 4.79 Å². The first-order valence-corrected chi connectivity index (χ1v) is 10.6. The van der Waals surface area contributed by atoms with Gasteiger partial charge in [-0.1, -0.05) is 18.2 Å². The fraction of sp³-hybridized carbons (Fsp3) is 0.350. The molecule has 150 valence electrons. The maximum absolute atomic E-state index is 12.9. The molecule has 7 nitrogen and oxygen atoms in total. The number of benzene rings is 2. The third-order valence-corrected chi connectivity index (χ3v) is 6.10. The minimum Gasteiger partial charge on any atom is -0.489 e. The molecule has 0 bridgehead atoms. The number of hydrogen-bond donors (Lipinski definition) is 1. The molecule has 8 heteroatoms. The van der Waals surface area contributed by atoms with Crippen molar-refractivity contribution in [3.8, 4) is 5.75 Å². The minimum absolute atomic E-state index is 0.105. The molecular weight excluding hydrogens is 380 g/mol. The van der Waals surface area contributed by atoms with Crippen LogP contribution in [0, 0.1) is 0 Å². The van der Waals surface area contributed by atoms with Gasteiger partial charge in [-0.05, 0) is 44.2 Å². The topological polar surface area (TPSA) is 84.9 Å². The standard InChI is InChI=1S/C20H24N2O5S/c1-15(2)27-19-9-8-17(28(24,25)22-10-12-26-13-11-22)14-18(19)21-20(23)16-6-4-3-5-7-16/h3-9,14-15H,10-13H2,1-2H3,(H,21,23). The second-order valence-corrected chi connectivity index (χ2v) is 8.60. The highest BCUT2D eigenvalue weighted by Crippen LogP contribution is 2.30. The lowest BCUT2D eigenvalue weighted by atomic mass is 10.2. The molecule has 0 radical (unpaired) electrons. The van der Waals surface area contributed by atoms with E-state index in [0.717, 1.165) is 0 Å². The molecule has 2 aromatic rings. The maximum Gasteiger partial charge on any atom is 0.255 e. The number of nitrogens with zero attached hydrogens (tertiary/aromatic N) is 1. The third kappa shape index (κ3) is 4.70. The van der Waals surface area contributed by atoms with Crippen LogP contribution in [-0.4, -0.2) is 51.0 Å². The van der Waals surface area contributed by atoms with Gasteiger partial charge in [-0.25, -0.2) is 8.42 Å². The van der Waals surface area contributed by atoms with Crippen LogP contribution in [0.1, 0.15) is 24.2 Å². The second-order valence-electron chi connectivity index (χ2n) is 6.66. The Morgan fingerprint density at radius 1 is 1.11 bits per heavy atom. The molecule has 2 aromatic carbocycles. The average molecular weight is 404 g/mol. The Morgan fingerprint density at radius 3 is 2.43 bits per heavy atom. The number of hydrogen-bond acceptors (Lipinski definition) is 5. The van der Waals surface area contributed by atoms with E-state index in [4.69, 9.17) is 9.47 Å². The molecule has 1 fully saturated rings. The Labute approximate surface area is 165 Å². The number of amides is 1. The summed E-state index contributed by atoms with van der Waals surface area (Å²) in [5.41, 5.74) is 0.788. The average Bonchev–Trinajstić information content (AvgIpc) is 2.70. The van der Waals surface area contributed by atoms with E-state index in [0.29, 0.717) is 43.3 Å². The van der Waals surface area contributed by atoms with Crippen molar-refractivity contribution in [3.63, 3.8) is 0 Å². The molecule has 0 atom stereocenters. The number of carbonyl (C=O) groups excluding carboxylic acids is 1. The summed E-state index contributed by atoms with van der Waals surface area (Å²) in [6, 6.07) is 13.2. The van der Waals surface area contributed by atoms with Crippen molar-refractivity contribution >= 4 is 21.6 Å². The van der Waals surface area contributed by atoms with Gasteiger partial charge < -0.3 is 14.8 Å². The molecule has 1 N–H and O–H groups in total. The number of nitrogens with one attached hydrogen (secondary N) is 1. The van der Waals surface area contributed by atoms with E-state index in [2.05, 4.69) is 5.32 Å². The molecule has 1 heterocycles. The van der Waals surface area contributed by atoms with E-state index in [1.807, 2.05) is 19.9 Å². The van der Waals surface area contributed by atoms with Crippen LogP contribution in [0.4, 0.5) is 5.69 Å². The zero-order chi connectivity index (χ0) is 20.1. The van der Waals surface area contributed by atoms with Crippen molar-refractivity contribution in [3.05, 3.63) is 54.1 Å². The molecule has 28 heavy (non-hydrogen) atoms. The molecule has 1 aliphatic heterocycles. The zero-order valence-electron chi connectivity index (χ0n) is 15.9. The monoisotopic (exact) mass is 404 g/mol. The molecule has 1 saturated heterocycles. The predicted molar refractivity (Wildman–Crippen MR) is 106 cm³/mol. The molecule has 1 aliphatic rings. The van der Waals surface area contributed by atoms with E-state index in [9.17, 15) is 13.2 Å². The molecule has 0 aliphatic carbocycles. The van der Waals surface area contributed by atoms with Crippen molar-refractivity contribution < 1.29 is 22.7 Å². The number of morpholine rings is 1. The Hall–Kier alpha value is -2.42. The van der Waals surface area contributed by atoms with Gasteiger partial charge in [-0.2, -0.15) is 4.31 Å². The summed E-state index contributed by atoms with van der Waals surface area (Å²) in [5, 5.41) is 2.78. The molecule has 0 saturated carbocycles. The van der Waals surface area contributed by atoms with E-state index in [1.54, 1.807) is 30.3 Å². The van der Waals surface area contributed by atoms with Crippen LogP contribution >= 0.6 is 0 Å². The quantitative estimate of drug-likeness (QED) is 0.800. The van der Waals surface area contributed by atoms with Gasteiger partial charge in [0.05, 0.1) is 29.9 Å². The molecule has 1 amide bonds. The smallest absolute Gasteiger partial charge is 0.255 e. The zero-order valence-corrected chi connectivity index (χ0v) is 16.7. The fourth-order valence-corrected chi connectivity index (χ4v) is 4.28. The fourth-order valence-electron chi connectivity index (χ4n) is 2.84. The van der Waals surface area contributed by atoms with Crippen LogP contribution in [0.5, 0.6) is 5.75 Å². The van der Waals surface area contributed by atoms with Gasteiger partial charge in [-0.15, -0.1) is 0 Å². The maximum atomic E-state index is 12.9. The van der Waals surface area contributed by atoms with Crippen LogP contribution in [0.3, 0.4) is 0 Å². The highest BCUT2D eigenvalue weighted by molar-refractivity contribution is 7.89. The van der Waals surface area contributed by atoms with Crippen molar-refractivity contribution in [2.75, 3.05) is 31.6 Å². The highest BCUT2D eigenvalue weighted by Gasteiger charge is 2.27. The van der Waals surface area contributed by atoms with Gasteiger partial charge in [0.25, 0.3) is 5.91 Å². The molecule has 0 aromatic heterocycles. The van der Waals surface area contributed by atoms with Crippen molar-refractivity contribution in [2.45, 2.75) is 24.8 Å². The largest absolute Gasteiger partial charge is 0.489 e. The number of anilines is 1. The molecular formula is C20H24N2O5S. The first-order valence-electron chi connectivity index (χ1n) is 9.13. The Kier molecular flexibility index (Phi) is 6.33. The summed E-state index contributed by atoms with van der Waals surface area (Å²) in [7, 11) is -3.68. The second kappa shape index (κ2) is 8.72. The normalized spacial score (nSPS) is 15.4. The number of rotatable bonds is 6. The summed E-state index contributed by atoms with van der Waals surface area (Å²) in [6.45, 7) is 5.07. The van der Waals surface area contributed by atoms with Crippen LogP contribution in [0.2, 0.25) is 0 Å². The van der Waals surface area contributed by atoms with Crippen LogP contribution in [0.15, 0.2) is 53.4 Å². The summed E-state index contributed by atoms with van der Waals surface area (Å²) in [6.07, 6.45) is -0.130. The molecule has 0 unspecified atom stereocenters. The summed E-state index contributed by atoms with van der Waals surface area (Å²) in [5.74, 6) is 0.0790. The Morgan fingerprint density at radius 2 is 1.79 bits per heavy atom. The van der Waals surface area contributed by atoms with E-state index in [1.165, 1.54) is 16.4 Å². The van der Waals surface area contributed by atoms with Gasteiger partial charge in [0.15, 0.2) is 0 Å². The summed E-state index contributed by atoms with van der Waals surface area (Å²) < 4.78 is 38.3. The van der Waals surface area contributed by atoms with Gasteiger partial charge >= 0.3 is 0 Å². The van der Waals surface area contributed by atoms with Crippen LogP contribution in [-0.2, 0) is 14.8 Å². The molecule has 3 rings (SSSR count). The summed E-state index contributed by atoms with van der Waals surface area (Å²) >= 11 is 0. The number of sulfonamides is 1. The van der Waals surface area contributed by atoms with Crippen LogP contribution in [0.25, 0.3) is 0 Å². The Bertz CT molecular complexity index is 923. The number of carbonyl (C=O) groups is 1. The van der Waals surface area contributed by atoms with Crippen molar-refractivity contribution in [1.29, 1.82) is 0 Å². The lowest BCUT2D eigenvalue weighted by Crippen LogP contribution is -2.40.